The molecule has 5 nitrogen and oxygen atoms in total. The molecule has 0 saturated carbocycles. The monoisotopic (exact) mass is 314 g/mol. The normalized spacial score (nSPS) is 23.9. The summed E-state index contributed by atoms with van der Waals surface area (Å²) < 4.78 is 0. The molecule has 114 valence electrons. The smallest absolute Gasteiger partial charge is 0.263 e. The minimum Gasteiger partial charge on any atom is -0.340 e. The number of likely N-dealkylation sites (tertiary alicyclic amines) is 1. The first-order valence-corrected chi connectivity index (χ1v) is 8.45. The second-order valence-electron chi connectivity index (χ2n) is 6.17. The number of amides is 1. The van der Waals surface area contributed by atoms with E-state index in [-0.39, 0.29) is 5.91 Å². The fourth-order valence-corrected chi connectivity index (χ4v) is 4.12. The van der Waals surface area contributed by atoms with E-state index in [0.717, 1.165) is 42.6 Å². The van der Waals surface area contributed by atoms with Crippen molar-refractivity contribution >= 4 is 23.2 Å². The van der Waals surface area contributed by atoms with Crippen LogP contribution < -0.4 is 4.90 Å². The van der Waals surface area contributed by atoms with Crippen LogP contribution in [0, 0.1) is 18.8 Å². The van der Waals surface area contributed by atoms with E-state index in [1.54, 1.807) is 0 Å². The van der Waals surface area contributed by atoms with E-state index in [0.29, 0.717) is 11.8 Å². The lowest BCUT2D eigenvalue weighted by Crippen LogP contribution is -2.33. The van der Waals surface area contributed by atoms with Crippen LogP contribution in [-0.4, -0.2) is 47.0 Å². The van der Waals surface area contributed by atoms with Gasteiger partial charge >= 0.3 is 0 Å². The highest BCUT2D eigenvalue weighted by Gasteiger charge is 2.42. The molecule has 2 aliphatic heterocycles. The summed E-state index contributed by atoms with van der Waals surface area (Å²) in [6, 6.07) is 3.85. The van der Waals surface area contributed by atoms with Gasteiger partial charge in [-0.1, -0.05) is 6.07 Å². The third-order valence-electron chi connectivity index (χ3n) is 4.56. The fourth-order valence-electron chi connectivity index (χ4n) is 3.43. The number of aromatic nitrogens is 2. The number of carbonyl (C=O) groups excluding carboxylic acids is 1. The summed E-state index contributed by atoms with van der Waals surface area (Å²) >= 11 is 1.52. The third-order valence-corrected chi connectivity index (χ3v) is 5.41. The van der Waals surface area contributed by atoms with Crippen molar-refractivity contribution in [3.63, 3.8) is 0 Å². The van der Waals surface area contributed by atoms with Crippen LogP contribution in [0.25, 0.3) is 0 Å². The van der Waals surface area contributed by atoms with Gasteiger partial charge in [0.25, 0.3) is 5.91 Å². The maximum Gasteiger partial charge on any atom is 0.263 e. The van der Waals surface area contributed by atoms with Gasteiger partial charge in [-0.05, 0) is 23.9 Å². The Kier molecular flexibility index (Phi) is 3.33. The lowest BCUT2D eigenvalue weighted by Gasteiger charge is -2.21. The molecule has 6 heteroatoms. The summed E-state index contributed by atoms with van der Waals surface area (Å²) in [4.78, 5) is 26.4. The van der Waals surface area contributed by atoms with Crippen molar-refractivity contribution < 1.29 is 4.79 Å². The average molecular weight is 314 g/mol. The molecule has 2 aromatic heterocycles. The standard InChI is InChI=1S/C16H18N4OS/c1-11-5-17-16(18-6-11)20-9-12-7-19(8-13(12)10-20)15(21)14-3-2-4-22-14/h2-6,12-13H,7-10H2,1H3/t12-,13+. The predicted molar refractivity (Wildman–Crippen MR) is 86.2 cm³/mol. The quantitative estimate of drug-likeness (QED) is 0.851. The molecular weight excluding hydrogens is 296 g/mol. The Morgan fingerprint density at radius 2 is 1.86 bits per heavy atom. The summed E-state index contributed by atoms with van der Waals surface area (Å²) in [7, 11) is 0. The van der Waals surface area contributed by atoms with E-state index in [9.17, 15) is 4.79 Å². The molecule has 0 aliphatic carbocycles. The number of fused-ring (bicyclic) bond motifs is 1. The number of hydrogen-bond acceptors (Lipinski definition) is 5. The number of hydrogen-bond donors (Lipinski definition) is 0. The molecule has 0 aromatic carbocycles. The van der Waals surface area contributed by atoms with Crippen LogP contribution in [0.3, 0.4) is 0 Å². The first kappa shape index (κ1) is 13.7. The summed E-state index contributed by atoms with van der Waals surface area (Å²) in [6.07, 6.45) is 3.73. The van der Waals surface area contributed by atoms with Crippen molar-refractivity contribution in [3.05, 3.63) is 40.3 Å². The molecule has 22 heavy (non-hydrogen) atoms. The Hall–Kier alpha value is -1.95. The molecule has 2 atom stereocenters. The van der Waals surface area contributed by atoms with Crippen LogP contribution in [0.5, 0.6) is 0 Å². The summed E-state index contributed by atoms with van der Waals surface area (Å²) in [5.74, 6) is 2.07. The average Bonchev–Trinajstić information content (AvgIpc) is 3.23. The lowest BCUT2D eigenvalue weighted by molar-refractivity contribution is 0.0787. The predicted octanol–water partition coefficient (Wildman–Crippen LogP) is 2.05. The van der Waals surface area contributed by atoms with E-state index < -0.39 is 0 Å². The number of carbonyl (C=O) groups is 1. The van der Waals surface area contributed by atoms with Crippen LogP contribution in [-0.2, 0) is 0 Å². The largest absolute Gasteiger partial charge is 0.340 e. The van der Waals surface area contributed by atoms with Crippen molar-refractivity contribution in [1.82, 2.24) is 14.9 Å². The minimum absolute atomic E-state index is 0.183. The van der Waals surface area contributed by atoms with Crippen molar-refractivity contribution in [2.45, 2.75) is 6.92 Å². The van der Waals surface area contributed by atoms with E-state index in [1.165, 1.54) is 11.3 Å². The third kappa shape index (κ3) is 2.37. The lowest BCUT2D eigenvalue weighted by atomic mass is 10.0. The van der Waals surface area contributed by atoms with Crippen molar-refractivity contribution in [1.29, 1.82) is 0 Å². The molecular formula is C16H18N4OS. The molecule has 2 aliphatic rings. The fraction of sp³-hybridized carbons (Fsp3) is 0.438. The van der Waals surface area contributed by atoms with Gasteiger partial charge in [0.1, 0.15) is 0 Å². The molecule has 1 amide bonds. The molecule has 4 rings (SSSR count). The zero-order valence-electron chi connectivity index (χ0n) is 12.5. The Morgan fingerprint density at radius 3 is 2.45 bits per heavy atom. The number of rotatable bonds is 2. The Bertz CT molecular complexity index is 656. The topological polar surface area (TPSA) is 49.3 Å². The first-order valence-electron chi connectivity index (χ1n) is 7.57. The zero-order valence-corrected chi connectivity index (χ0v) is 13.3. The highest BCUT2D eigenvalue weighted by Crippen LogP contribution is 2.33. The molecule has 0 radical (unpaired) electrons. The van der Waals surface area contributed by atoms with Crippen LogP contribution in [0.15, 0.2) is 29.9 Å². The summed E-state index contributed by atoms with van der Waals surface area (Å²) in [5, 5.41) is 1.96. The van der Waals surface area contributed by atoms with Gasteiger partial charge in [-0.2, -0.15) is 0 Å². The first-order chi connectivity index (χ1) is 10.7. The maximum atomic E-state index is 12.4. The van der Waals surface area contributed by atoms with Gasteiger partial charge in [0.05, 0.1) is 4.88 Å². The van der Waals surface area contributed by atoms with Gasteiger partial charge in [-0.3, -0.25) is 4.79 Å². The molecule has 2 fully saturated rings. The van der Waals surface area contributed by atoms with E-state index in [2.05, 4.69) is 14.9 Å². The zero-order chi connectivity index (χ0) is 15.1. The van der Waals surface area contributed by atoms with Crippen LogP contribution in [0.4, 0.5) is 5.95 Å². The second-order valence-corrected chi connectivity index (χ2v) is 7.12. The molecule has 2 aromatic rings. The number of nitrogens with zero attached hydrogens (tertiary/aromatic N) is 4. The van der Waals surface area contributed by atoms with E-state index in [4.69, 9.17) is 0 Å². The molecule has 0 bridgehead atoms. The molecule has 2 saturated heterocycles. The number of thiophene rings is 1. The number of anilines is 1. The maximum absolute atomic E-state index is 12.4. The van der Waals surface area contributed by atoms with Gasteiger partial charge in [-0.15, -0.1) is 11.3 Å². The molecule has 0 unspecified atom stereocenters. The van der Waals surface area contributed by atoms with Crippen molar-refractivity contribution in [3.8, 4) is 0 Å². The van der Waals surface area contributed by atoms with Gasteiger partial charge in [0, 0.05) is 50.4 Å². The summed E-state index contributed by atoms with van der Waals surface area (Å²) in [5.41, 5.74) is 1.08. The SMILES string of the molecule is Cc1cnc(N2C[C@H]3CN(C(=O)c4cccs4)C[C@H]3C2)nc1. The van der Waals surface area contributed by atoms with Crippen molar-refractivity contribution in [2.75, 3.05) is 31.1 Å². The van der Waals surface area contributed by atoms with Crippen LogP contribution in [0.2, 0.25) is 0 Å². The molecule has 0 N–H and O–H groups in total. The van der Waals surface area contributed by atoms with Gasteiger partial charge in [-0.25, -0.2) is 9.97 Å². The molecule has 4 heterocycles. The highest BCUT2D eigenvalue weighted by atomic mass is 32.1. The minimum atomic E-state index is 0.183. The van der Waals surface area contributed by atoms with Crippen LogP contribution >= 0.6 is 11.3 Å². The van der Waals surface area contributed by atoms with Crippen molar-refractivity contribution in [2.24, 2.45) is 11.8 Å². The Balaban J connectivity index is 1.42. The van der Waals surface area contributed by atoms with Gasteiger partial charge in [0.2, 0.25) is 5.95 Å². The number of aryl methyl sites for hydroxylation is 1. The molecule has 0 spiro atoms. The highest BCUT2D eigenvalue weighted by molar-refractivity contribution is 7.12. The second kappa shape index (κ2) is 5.35. The van der Waals surface area contributed by atoms with Gasteiger partial charge < -0.3 is 9.80 Å². The van der Waals surface area contributed by atoms with Gasteiger partial charge in [0.15, 0.2) is 0 Å². The van der Waals surface area contributed by atoms with E-state index >= 15 is 0 Å². The van der Waals surface area contributed by atoms with Crippen LogP contribution in [0.1, 0.15) is 15.2 Å². The summed E-state index contributed by atoms with van der Waals surface area (Å²) in [6.45, 7) is 5.59. The Morgan fingerprint density at radius 1 is 1.18 bits per heavy atom. The van der Waals surface area contributed by atoms with E-state index in [1.807, 2.05) is 41.7 Å². The Labute approximate surface area is 133 Å².